The number of para-hydroxylation sites is 1. The molecule has 2 heteroatoms. The summed E-state index contributed by atoms with van der Waals surface area (Å²) in [5.74, 6) is 0.722. The van der Waals surface area contributed by atoms with Crippen LogP contribution in [-0.4, -0.2) is 10.2 Å². The molecule has 0 amide bonds. The fraction of sp³-hybridized carbons (Fsp3) is 0.200. The molecule has 0 aliphatic heterocycles. The second-order valence-corrected chi connectivity index (χ2v) is 4.13. The van der Waals surface area contributed by atoms with E-state index >= 15 is 0 Å². The van der Waals surface area contributed by atoms with Crippen molar-refractivity contribution in [3.05, 3.63) is 59.2 Å². The van der Waals surface area contributed by atoms with Crippen LogP contribution < -0.4 is 0 Å². The van der Waals surface area contributed by atoms with E-state index in [4.69, 9.17) is 10.2 Å². The van der Waals surface area contributed by atoms with Crippen molar-refractivity contribution in [2.75, 3.05) is 0 Å². The third-order valence-corrected chi connectivity index (χ3v) is 2.32. The number of aryl methyl sites for hydroxylation is 3. The van der Waals surface area contributed by atoms with Gasteiger partial charge in [-0.15, -0.1) is 0 Å². The topological polar surface area (TPSA) is 40.5 Å². The number of phenols is 2. The van der Waals surface area contributed by atoms with Crippen LogP contribution in [0.1, 0.15) is 16.7 Å². The fourth-order valence-corrected chi connectivity index (χ4v) is 1.51. The van der Waals surface area contributed by atoms with Crippen LogP contribution in [0.15, 0.2) is 42.5 Å². The summed E-state index contributed by atoms with van der Waals surface area (Å²) in [7, 11) is 0. The first-order valence-corrected chi connectivity index (χ1v) is 5.51. The predicted octanol–water partition coefficient (Wildman–Crippen LogP) is 3.71. The third-order valence-electron chi connectivity index (χ3n) is 2.32. The first kappa shape index (κ1) is 13.1. The van der Waals surface area contributed by atoms with E-state index in [-0.39, 0.29) is 0 Å². The summed E-state index contributed by atoms with van der Waals surface area (Å²) in [6.07, 6.45) is 0. The maximum Gasteiger partial charge on any atom is 0.118 e. The smallest absolute Gasteiger partial charge is 0.118 e. The standard InChI is InChI=1S/C8H10O.C7H8O/c1-6-3-7(2)5-8(9)4-6;1-6-4-2-3-5-7(6)8/h3-5,9H,1-2H3;2-5,8H,1H3. The number of benzene rings is 2. The summed E-state index contributed by atoms with van der Waals surface area (Å²) < 4.78 is 0. The van der Waals surface area contributed by atoms with Crippen molar-refractivity contribution in [1.29, 1.82) is 0 Å². The van der Waals surface area contributed by atoms with Gasteiger partial charge in [-0.3, -0.25) is 0 Å². The van der Waals surface area contributed by atoms with Crippen molar-refractivity contribution in [3.63, 3.8) is 0 Å². The summed E-state index contributed by atoms with van der Waals surface area (Å²) in [6, 6.07) is 12.8. The molecule has 2 aromatic rings. The Morgan fingerprint density at radius 1 is 0.765 bits per heavy atom. The van der Waals surface area contributed by atoms with Crippen LogP contribution in [0.2, 0.25) is 0 Å². The quantitative estimate of drug-likeness (QED) is 0.724. The summed E-state index contributed by atoms with van der Waals surface area (Å²) in [4.78, 5) is 0. The van der Waals surface area contributed by atoms with Gasteiger partial charge in [0.15, 0.2) is 0 Å². The Balaban J connectivity index is 0.000000171. The van der Waals surface area contributed by atoms with Gasteiger partial charge in [-0.25, -0.2) is 0 Å². The fourth-order valence-electron chi connectivity index (χ4n) is 1.51. The van der Waals surface area contributed by atoms with Crippen molar-refractivity contribution in [1.82, 2.24) is 0 Å². The number of hydrogen-bond donors (Lipinski definition) is 2. The van der Waals surface area contributed by atoms with Crippen LogP contribution in [0.25, 0.3) is 0 Å². The molecule has 2 aromatic carbocycles. The van der Waals surface area contributed by atoms with Gasteiger partial charge in [0.25, 0.3) is 0 Å². The zero-order valence-electron chi connectivity index (χ0n) is 10.4. The van der Waals surface area contributed by atoms with Gasteiger partial charge in [0.05, 0.1) is 0 Å². The van der Waals surface area contributed by atoms with Crippen molar-refractivity contribution >= 4 is 0 Å². The lowest BCUT2D eigenvalue weighted by molar-refractivity contribution is 0.471. The maximum atomic E-state index is 8.99. The molecule has 17 heavy (non-hydrogen) atoms. The molecule has 0 saturated heterocycles. The third kappa shape index (κ3) is 4.60. The molecular weight excluding hydrogens is 212 g/mol. The molecule has 0 unspecified atom stereocenters. The average molecular weight is 230 g/mol. The van der Waals surface area contributed by atoms with Gasteiger partial charge in [0.2, 0.25) is 0 Å². The Morgan fingerprint density at radius 3 is 1.65 bits per heavy atom. The predicted molar refractivity (Wildman–Crippen MR) is 70.4 cm³/mol. The molecule has 2 nitrogen and oxygen atoms in total. The number of phenolic OH excluding ortho intramolecular Hbond substituents is 2. The van der Waals surface area contributed by atoms with E-state index in [1.54, 1.807) is 18.2 Å². The van der Waals surface area contributed by atoms with Crippen molar-refractivity contribution in [2.45, 2.75) is 20.8 Å². The molecular formula is C15H18O2. The first-order valence-electron chi connectivity index (χ1n) is 5.51. The number of aromatic hydroxyl groups is 2. The van der Waals surface area contributed by atoms with Crippen LogP contribution in [0.3, 0.4) is 0 Å². The van der Waals surface area contributed by atoms with E-state index in [1.807, 2.05) is 45.0 Å². The molecule has 0 atom stereocenters. The summed E-state index contributed by atoms with van der Waals surface area (Å²) >= 11 is 0. The molecule has 0 aromatic heterocycles. The number of hydrogen-bond acceptors (Lipinski definition) is 2. The van der Waals surface area contributed by atoms with Crippen molar-refractivity contribution in [2.24, 2.45) is 0 Å². The van der Waals surface area contributed by atoms with Gasteiger partial charge < -0.3 is 10.2 Å². The normalized spacial score (nSPS) is 9.35. The average Bonchev–Trinajstić information content (AvgIpc) is 2.21. The molecule has 0 radical (unpaired) electrons. The summed E-state index contributed by atoms with van der Waals surface area (Å²) in [6.45, 7) is 5.80. The Morgan fingerprint density at radius 2 is 1.29 bits per heavy atom. The zero-order chi connectivity index (χ0) is 12.8. The van der Waals surface area contributed by atoms with Gasteiger partial charge in [-0.1, -0.05) is 24.3 Å². The molecule has 90 valence electrons. The molecule has 0 heterocycles. The Bertz CT molecular complexity index is 419. The highest BCUT2D eigenvalue weighted by Gasteiger charge is 1.89. The lowest BCUT2D eigenvalue weighted by Crippen LogP contribution is -1.74. The van der Waals surface area contributed by atoms with Gasteiger partial charge in [-0.05, 0) is 55.7 Å². The highest BCUT2D eigenvalue weighted by atomic mass is 16.3. The van der Waals surface area contributed by atoms with E-state index in [9.17, 15) is 0 Å². The van der Waals surface area contributed by atoms with Crippen LogP contribution in [-0.2, 0) is 0 Å². The molecule has 2 rings (SSSR count). The van der Waals surface area contributed by atoms with Crippen LogP contribution in [0.5, 0.6) is 11.5 Å². The van der Waals surface area contributed by atoms with Gasteiger partial charge in [0.1, 0.15) is 11.5 Å². The van der Waals surface area contributed by atoms with Crippen molar-refractivity contribution in [3.8, 4) is 11.5 Å². The summed E-state index contributed by atoms with van der Waals surface area (Å²) in [5, 5.41) is 17.9. The molecule has 0 saturated carbocycles. The van der Waals surface area contributed by atoms with Crippen LogP contribution in [0.4, 0.5) is 0 Å². The van der Waals surface area contributed by atoms with Gasteiger partial charge in [0, 0.05) is 0 Å². The number of rotatable bonds is 0. The lowest BCUT2D eigenvalue weighted by atomic mass is 10.1. The maximum absolute atomic E-state index is 8.99. The Hall–Kier alpha value is -1.96. The molecule has 0 spiro atoms. The van der Waals surface area contributed by atoms with E-state index < -0.39 is 0 Å². The van der Waals surface area contributed by atoms with Crippen LogP contribution in [0, 0.1) is 20.8 Å². The van der Waals surface area contributed by atoms with Gasteiger partial charge >= 0.3 is 0 Å². The van der Waals surface area contributed by atoms with Crippen LogP contribution >= 0.6 is 0 Å². The molecule has 2 N–H and O–H groups in total. The highest BCUT2D eigenvalue weighted by molar-refractivity contribution is 5.31. The monoisotopic (exact) mass is 230 g/mol. The van der Waals surface area contributed by atoms with Crippen molar-refractivity contribution < 1.29 is 10.2 Å². The SMILES string of the molecule is Cc1cc(C)cc(O)c1.Cc1ccccc1O. The molecule has 0 fully saturated rings. The Labute approximate surface area is 102 Å². The second kappa shape index (κ2) is 5.94. The Kier molecular flexibility index (Phi) is 4.58. The minimum Gasteiger partial charge on any atom is -0.508 e. The highest BCUT2D eigenvalue weighted by Crippen LogP contribution is 2.13. The molecule has 0 aliphatic carbocycles. The summed E-state index contributed by atoms with van der Waals surface area (Å²) in [5.41, 5.74) is 3.13. The van der Waals surface area contributed by atoms with E-state index in [2.05, 4.69) is 0 Å². The molecule has 0 aliphatic rings. The minimum absolute atomic E-state index is 0.354. The second-order valence-electron chi connectivity index (χ2n) is 4.13. The lowest BCUT2D eigenvalue weighted by Gasteiger charge is -1.95. The molecule has 0 bridgehead atoms. The van der Waals surface area contributed by atoms with E-state index in [1.165, 1.54) is 0 Å². The zero-order valence-corrected chi connectivity index (χ0v) is 10.4. The first-order chi connectivity index (χ1) is 7.99. The largest absolute Gasteiger partial charge is 0.508 e. The van der Waals surface area contributed by atoms with E-state index in [0.29, 0.717) is 11.5 Å². The minimum atomic E-state index is 0.354. The van der Waals surface area contributed by atoms with E-state index in [0.717, 1.165) is 16.7 Å². The van der Waals surface area contributed by atoms with Gasteiger partial charge in [-0.2, -0.15) is 0 Å².